The quantitative estimate of drug-likeness (QED) is 0.742. The predicted octanol–water partition coefficient (Wildman–Crippen LogP) is 4.13. The molecule has 1 heteroatoms. The van der Waals surface area contributed by atoms with Gasteiger partial charge < -0.3 is 5.32 Å². The van der Waals surface area contributed by atoms with E-state index in [9.17, 15) is 0 Å². The maximum Gasteiger partial charge on any atom is 0.00966 e. The van der Waals surface area contributed by atoms with E-state index in [0.717, 1.165) is 11.3 Å². The molecule has 0 saturated heterocycles. The van der Waals surface area contributed by atoms with Crippen LogP contribution in [-0.4, -0.2) is 12.1 Å². The summed E-state index contributed by atoms with van der Waals surface area (Å²) in [6.45, 7) is 8.05. The van der Waals surface area contributed by atoms with Crippen molar-refractivity contribution in [3.63, 3.8) is 0 Å². The number of nitrogens with one attached hydrogen (secondary N) is 1. The summed E-state index contributed by atoms with van der Waals surface area (Å²) in [5.74, 6) is 0.949. The highest BCUT2D eigenvalue weighted by Gasteiger charge is 2.37. The van der Waals surface area contributed by atoms with E-state index in [-0.39, 0.29) is 0 Å². The first kappa shape index (κ1) is 12.4. The van der Waals surface area contributed by atoms with Crippen molar-refractivity contribution in [1.29, 1.82) is 0 Å². The summed E-state index contributed by atoms with van der Waals surface area (Å²) in [5.41, 5.74) is 1.10. The molecule has 1 spiro atoms. The van der Waals surface area contributed by atoms with Crippen LogP contribution in [0.3, 0.4) is 0 Å². The monoisotopic (exact) mass is 223 g/mol. The summed E-state index contributed by atoms with van der Waals surface area (Å²) in [6.07, 6.45) is 12.1. The van der Waals surface area contributed by atoms with Crippen LogP contribution in [0.2, 0.25) is 0 Å². The van der Waals surface area contributed by atoms with Crippen molar-refractivity contribution in [3.05, 3.63) is 0 Å². The van der Waals surface area contributed by atoms with E-state index in [1.807, 2.05) is 0 Å². The van der Waals surface area contributed by atoms with Crippen LogP contribution < -0.4 is 5.32 Å². The molecule has 0 aliphatic heterocycles. The molecule has 0 heterocycles. The Balaban J connectivity index is 1.73. The highest BCUT2D eigenvalue weighted by atomic mass is 14.9. The molecule has 2 aliphatic carbocycles. The van der Waals surface area contributed by atoms with Gasteiger partial charge in [-0.25, -0.2) is 0 Å². The van der Waals surface area contributed by atoms with Gasteiger partial charge in [0, 0.05) is 5.54 Å². The first-order chi connectivity index (χ1) is 7.49. The van der Waals surface area contributed by atoms with Crippen molar-refractivity contribution in [2.75, 3.05) is 6.54 Å². The molecule has 1 N–H and O–H groups in total. The van der Waals surface area contributed by atoms with Crippen molar-refractivity contribution < 1.29 is 0 Å². The smallest absolute Gasteiger partial charge is 0.00966 e. The molecule has 16 heavy (non-hydrogen) atoms. The van der Waals surface area contributed by atoms with Crippen LogP contribution in [0.4, 0.5) is 0 Å². The third-order valence-electron chi connectivity index (χ3n) is 4.75. The van der Waals surface area contributed by atoms with Gasteiger partial charge in [-0.05, 0) is 77.2 Å². The minimum Gasteiger partial charge on any atom is -0.312 e. The summed E-state index contributed by atoms with van der Waals surface area (Å²) in [5, 5.41) is 3.67. The third kappa shape index (κ3) is 3.23. The van der Waals surface area contributed by atoms with Crippen molar-refractivity contribution in [1.82, 2.24) is 5.32 Å². The molecule has 2 rings (SSSR count). The largest absolute Gasteiger partial charge is 0.312 e. The van der Waals surface area contributed by atoms with Crippen LogP contribution in [0.1, 0.15) is 72.1 Å². The highest BCUT2D eigenvalue weighted by Crippen LogP contribution is 2.50. The Morgan fingerprint density at radius 3 is 2.06 bits per heavy atom. The summed E-state index contributed by atoms with van der Waals surface area (Å²) >= 11 is 0. The number of hydrogen-bond donors (Lipinski definition) is 1. The molecule has 2 saturated carbocycles. The lowest BCUT2D eigenvalue weighted by molar-refractivity contribution is 0.149. The van der Waals surface area contributed by atoms with Crippen molar-refractivity contribution in [2.45, 2.75) is 77.7 Å². The minimum atomic E-state index is 0.294. The lowest BCUT2D eigenvalue weighted by atomic mass is 9.69. The molecule has 0 aromatic carbocycles. The van der Waals surface area contributed by atoms with Crippen LogP contribution in [0.15, 0.2) is 0 Å². The molecule has 0 aromatic rings. The fraction of sp³-hybridized carbons (Fsp3) is 1.00. The van der Waals surface area contributed by atoms with Crippen LogP contribution >= 0.6 is 0 Å². The summed E-state index contributed by atoms with van der Waals surface area (Å²) in [4.78, 5) is 0. The van der Waals surface area contributed by atoms with Gasteiger partial charge in [0.25, 0.3) is 0 Å². The van der Waals surface area contributed by atoms with Gasteiger partial charge in [0.2, 0.25) is 0 Å². The molecule has 1 nitrogen and oxygen atoms in total. The van der Waals surface area contributed by atoms with E-state index in [1.54, 1.807) is 0 Å². The molecule has 0 amide bonds. The van der Waals surface area contributed by atoms with E-state index < -0.39 is 0 Å². The van der Waals surface area contributed by atoms with Gasteiger partial charge in [-0.2, -0.15) is 0 Å². The standard InChI is InChI=1S/C15H29N/c1-14(2,3)16-12-13-6-10-15(11-7-13)8-4-5-9-15/h13,16H,4-12H2,1-3H3. The highest BCUT2D eigenvalue weighted by molar-refractivity contribution is 4.90. The molecular formula is C15H29N. The predicted molar refractivity (Wildman–Crippen MR) is 70.6 cm³/mol. The topological polar surface area (TPSA) is 12.0 Å². The average Bonchev–Trinajstić information content (AvgIpc) is 2.65. The van der Waals surface area contributed by atoms with Gasteiger partial charge in [-0.1, -0.05) is 12.8 Å². The van der Waals surface area contributed by atoms with E-state index in [2.05, 4.69) is 26.1 Å². The van der Waals surface area contributed by atoms with Crippen molar-refractivity contribution in [2.24, 2.45) is 11.3 Å². The summed E-state index contributed by atoms with van der Waals surface area (Å²) in [7, 11) is 0. The zero-order valence-electron chi connectivity index (χ0n) is 11.4. The second-order valence-electron chi connectivity index (χ2n) is 7.28. The molecule has 94 valence electrons. The van der Waals surface area contributed by atoms with Gasteiger partial charge in [-0.3, -0.25) is 0 Å². The molecule has 2 fully saturated rings. The molecule has 2 aliphatic rings. The Bertz CT molecular complexity index is 210. The lowest BCUT2D eigenvalue weighted by Crippen LogP contribution is -2.40. The van der Waals surface area contributed by atoms with Gasteiger partial charge in [-0.15, -0.1) is 0 Å². The Labute approximate surface area is 101 Å². The first-order valence-corrected chi connectivity index (χ1v) is 7.24. The second kappa shape index (κ2) is 4.68. The normalized spacial score (nSPS) is 26.4. The Hall–Kier alpha value is -0.0400. The van der Waals surface area contributed by atoms with E-state index in [4.69, 9.17) is 0 Å². The van der Waals surface area contributed by atoms with Crippen LogP contribution in [0.5, 0.6) is 0 Å². The first-order valence-electron chi connectivity index (χ1n) is 7.24. The minimum absolute atomic E-state index is 0.294. The number of rotatable bonds is 2. The Morgan fingerprint density at radius 2 is 1.56 bits per heavy atom. The fourth-order valence-corrected chi connectivity index (χ4v) is 3.57. The van der Waals surface area contributed by atoms with E-state index in [1.165, 1.54) is 57.9 Å². The second-order valence-corrected chi connectivity index (χ2v) is 7.28. The Morgan fingerprint density at radius 1 is 1.00 bits per heavy atom. The van der Waals surface area contributed by atoms with E-state index >= 15 is 0 Å². The molecule has 0 radical (unpaired) electrons. The third-order valence-corrected chi connectivity index (χ3v) is 4.75. The van der Waals surface area contributed by atoms with Gasteiger partial charge in [0.15, 0.2) is 0 Å². The fourth-order valence-electron chi connectivity index (χ4n) is 3.57. The van der Waals surface area contributed by atoms with Crippen molar-refractivity contribution >= 4 is 0 Å². The van der Waals surface area contributed by atoms with Gasteiger partial charge in [0.1, 0.15) is 0 Å². The average molecular weight is 223 g/mol. The maximum absolute atomic E-state index is 3.67. The zero-order chi connectivity index (χ0) is 11.6. The van der Waals surface area contributed by atoms with Gasteiger partial charge >= 0.3 is 0 Å². The molecule has 0 unspecified atom stereocenters. The molecule has 0 bridgehead atoms. The Kier molecular flexibility index (Phi) is 3.63. The molecule has 0 atom stereocenters. The molecular weight excluding hydrogens is 194 g/mol. The SMILES string of the molecule is CC(C)(C)NCC1CCC2(CCCC2)CC1. The lowest BCUT2D eigenvalue weighted by Gasteiger charge is -2.38. The van der Waals surface area contributed by atoms with E-state index in [0.29, 0.717) is 5.54 Å². The van der Waals surface area contributed by atoms with Crippen LogP contribution in [0, 0.1) is 11.3 Å². The maximum atomic E-state index is 3.67. The zero-order valence-corrected chi connectivity index (χ0v) is 11.4. The summed E-state index contributed by atoms with van der Waals surface area (Å²) < 4.78 is 0. The molecule has 0 aromatic heterocycles. The summed E-state index contributed by atoms with van der Waals surface area (Å²) in [6, 6.07) is 0. The van der Waals surface area contributed by atoms with Crippen molar-refractivity contribution in [3.8, 4) is 0 Å². The van der Waals surface area contributed by atoms with Crippen LogP contribution in [0.25, 0.3) is 0 Å². The number of hydrogen-bond acceptors (Lipinski definition) is 1. The van der Waals surface area contributed by atoms with Gasteiger partial charge in [0.05, 0.1) is 0 Å². The van der Waals surface area contributed by atoms with Crippen LogP contribution in [-0.2, 0) is 0 Å².